The number of carboxylic acid groups (broad SMARTS) is 1. The summed E-state index contributed by atoms with van der Waals surface area (Å²) in [4.78, 5) is 25.3. The first-order chi connectivity index (χ1) is 12.4. The zero-order chi connectivity index (χ0) is 18.7. The molecule has 0 fully saturated rings. The van der Waals surface area contributed by atoms with E-state index in [4.69, 9.17) is 15.4 Å². The fourth-order valence-electron chi connectivity index (χ4n) is 2.31. The molecule has 9 heteroatoms. The van der Waals surface area contributed by atoms with Crippen LogP contribution in [0.5, 0.6) is 0 Å². The van der Waals surface area contributed by atoms with Crippen molar-refractivity contribution in [2.75, 3.05) is 0 Å². The summed E-state index contributed by atoms with van der Waals surface area (Å²) >= 11 is 0. The molecule has 0 radical (unpaired) electrons. The average Bonchev–Trinajstić information content (AvgIpc) is 3.12. The van der Waals surface area contributed by atoms with Gasteiger partial charge < -0.3 is 15.4 Å². The predicted octanol–water partition coefficient (Wildman–Crippen LogP) is 2.27. The Balaban J connectivity index is 1.77. The second-order valence-electron chi connectivity index (χ2n) is 5.57. The number of benzene rings is 2. The smallest absolute Gasteiger partial charge is 0.320 e. The number of rotatable bonds is 6. The lowest BCUT2D eigenvalue weighted by Gasteiger charge is -2.06. The molecule has 0 unspecified atom stereocenters. The Morgan fingerprint density at radius 3 is 2.35 bits per heavy atom. The van der Waals surface area contributed by atoms with Crippen molar-refractivity contribution in [2.45, 2.75) is 12.5 Å². The summed E-state index contributed by atoms with van der Waals surface area (Å²) in [6.07, 6.45) is 0.218. The first-order valence-electron chi connectivity index (χ1n) is 7.60. The molecule has 1 aromatic heterocycles. The summed E-state index contributed by atoms with van der Waals surface area (Å²) in [5.74, 6) is -0.459. The number of hydrogen-bond donors (Lipinski definition) is 2. The summed E-state index contributed by atoms with van der Waals surface area (Å²) < 4.78 is 5.20. The van der Waals surface area contributed by atoms with E-state index in [-0.39, 0.29) is 18.0 Å². The number of hydrogen-bond acceptors (Lipinski definition) is 7. The van der Waals surface area contributed by atoms with Gasteiger partial charge in [-0.05, 0) is 24.1 Å². The molecule has 0 saturated carbocycles. The highest BCUT2D eigenvalue weighted by Gasteiger charge is 2.14. The van der Waals surface area contributed by atoms with Crippen LogP contribution in [0.4, 0.5) is 5.69 Å². The molecule has 3 N–H and O–H groups in total. The van der Waals surface area contributed by atoms with Crippen LogP contribution in [0.25, 0.3) is 22.8 Å². The molecule has 26 heavy (non-hydrogen) atoms. The van der Waals surface area contributed by atoms with Gasteiger partial charge in [0, 0.05) is 23.3 Å². The summed E-state index contributed by atoms with van der Waals surface area (Å²) in [5.41, 5.74) is 7.53. The average molecular weight is 354 g/mol. The molecule has 0 spiro atoms. The Morgan fingerprint density at radius 2 is 1.77 bits per heavy atom. The van der Waals surface area contributed by atoms with Crippen molar-refractivity contribution in [2.24, 2.45) is 5.73 Å². The van der Waals surface area contributed by atoms with E-state index < -0.39 is 16.9 Å². The highest BCUT2D eigenvalue weighted by Crippen LogP contribution is 2.24. The zero-order valence-electron chi connectivity index (χ0n) is 13.4. The molecule has 0 bridgehead atoms. The second kappa shape index (κ2) is 7.11. The maximum Gasteiger partial charge on any atom is 0.320 e. The van der Waals surface area contributed by atoms with E-state index in [2.05, 4.69) is 10.1 Å². The molecule has 9 nitrogen and oxygen atoms in total. The van der Waals surface area contributed by atoms with Crippen LogP contribution < -0.4 is 5.73 Å². The number of aromatic nitrogens is 2. The minimum Gasteiger partial charge on any atom is -0.480 e. The van der Waals surface area contributed by atoms with Gasteiger partial charge in [0.2, 0.25) is 5.82 Å². The van der Waals surface area contributed by atoms with E-state index in [1.165, 1.54) is 24.3 Å². The molecule has 0 amide bonds. The first kappa shape index (κ1) is 17.2. The maximum absolute atomic E-state index is 10.8. The summed E-state index contributed by atoms with van der Waals surface area (Å²) in [6, 6.07) is 11.8. The third-order valence-electron chi connectivity index (χ3n) is 3.74. The van der Waals surface area contributed by atoms with Crippen molar-refractivity contribution in [3.05, 3.63) is 64.2 Å². The van der Waals surface area contributed by atoms with Crippen molar-refractivity contribution < 1.29 is 19.3 Å². The molecule has 0 saturated heterocycles. The highest BCUT2D eigenvalue weighted by atomic mass is 16.6. The van der Waals surface area contributed by atoms with E-state index in [0.29, 0.717) is 17.0 Å². The first-order valence-corrected chi connectivity index (χ1v) is 7.60. The summed E-state index contributed by atoms with van der Waals surface area (Å²) in [7, 11) is 0. The van der Waals surface area contributed by atoms with Crippen LogP contribution in [-0.4, -0.2) is 32.2 Å². The van der Waals surface area contributed by atoms with E-state index in [0.717, 1.165) is 5.56 Å². The van der Waals surface area contributed by atoms with Crippen LogP contribution in [0.15, 0.2) is 53.1 Å². The van der Waals surface area contributed by atoms with Gasteiger partial charge in [-0.1, -0.05) is 29.4 Å². The van der Waals surface area contributed by atoms with Gasteiger partial charge in [0.25, 0.3) is 11.6 Å². The molecular weight excluding hydrogens is 340 g/mol. The minimum atomic E-state index is -1.06. The molecule has 0 aliphatic heterocycles. The number of nitrogens with two attached hydrogens (primary N) is 1. The molecular formula is C17H14N4O5. The lowest BCUT2D eigenvalue weighted by molar-refractivity contribution is -0.384. The van der Waals surface area contributed by atoms with Crippen molar-refractivity contribution in [3.8, 4) is 22.8 Å². The summed E-state index contributed by atoms with van der Waals surface area (Å²) in [6.45, 7) is 0. The lowest BCUT2D eigenvalue weighted by Crippen LogP contribution is -2.32. The highest BCUT2D eigenvalue weighted by molar-refractivity contribution is 5.73. The van der Waals surface area contributed by atoms with E-state index in [9.17, 15) is 14.9 Å². The zero-order valence-corrected chi connectivity index (χ0v) is 13.4. The Morgan fingerprint density at radius 1 is 1.15 bits per heavy atom. The quantitative estimate of drug-likeness (QED) is 0.506. The third kappa shape index (κ3) is 3.73. The van der Waals surface area contributed by atoms with Gasteiger partial charge in [-0.3, -0.25) is 14.9 Å². The molecule has 3 aromatic rings. The molecule has 2 aromatic carbocycles. The van der Waals surface area contributed by atoms with Gasteiger partial charge in [-0.25, -0.2) is 0 Å². The Kier molecular flexibility index (Phi) is 4.72. The number of nitro groups is 1. The number of carbonyl (C=O) groups is 1. The minimum absolute atomic E-state index is 0.0244. The fraction of sp³-hybridized carbons (Fsp3) is 0.118. The molecule has 0 aliphatic carbocycles. The lowest BCUT2D eigenvalue weighted by atomic mass is 10.0. The van der Waals surface area contributed by atoms with Gasteiger partial charge in [0.05, 0.1) is 4.92 Å². The van der Waals surface area contributed by atoms with Crippen LogP contribution in [0.3, 0.4) is 0 Å². The fourth-order valence-corrected chi connectivity index (χ4v) is 2.31. The SMILES string of the molecule is N[C@@H](Cc1ccc(-c2noc(-c3ccc([N+](=O)[O-])cc3)n2)cc1)C(=O)O. The number of aliphatic carboxylic acids is 1. The Labute approximate surface area is 147 Å². The van der Waals surface area contributed by atoms with Crippen LogP contribution >= 0.6 is 0 Å². The van der Waals surface area contributed by atoms with Crippen LogP contribution in [0.2, 0.25) is 0 Å². The van der Waals surface area contributed by atoms with Crippen molar-refractivity contribution >= 4 is 11.7 Å². The van der Waals surface area contributed by atoms with Gasteiger partial charge in [0.1, 0.15) is 6.04 Å². The maximum atomic E-state index is 10.8. The molecule has 0 aliphatic rings. The third-order valence-corrected chi connectivity index (χ3v) is 3.74. The van der Waals surface area contributed by atoms with Gasteiger partial charge in [-0.2, -0.15) is 4.98 Å². The van der Waals surface area contributed by atoms with Crippen molar-refractivity contribution in [3.63, 3.8) is 0 Å². The molecule has 3 rings (SSSR count). The van der Waals surface area contributed by atoms with Crippen LogP contribution in [0, 0.1) is 10.1 Å². The number of nitro benzene ring substituents is 1. The normalized spacial score (nSPS) is 11.9. The topological polar surface area (TPSA) is 145 Å². The predicted molar refractivity (Wildman–Crippen MR) is 91.1 cm³/mol. The van der Waals surface area contributed by atoms with Crippen molar-refractivity contribution in [1.29, 1.82) is 0 Å². The van der Waals surface area contributed by atoms with Crippen LogP contribution in [-0.2, 0) is 11.2 Å². The van der Waals surface area contributed by atoms with Crippen molar-refractivity contribution in [1.82, 2.24) is 10.1 Å². The summed E-state index contributed by atoms with van der Waals surface area (Å²) in [5, 5.41) is 23.4. The van der Waals surface area contributed by atoms with Gasteiger partial charge >= 0.3 is 5.97 Å². The standard InChI is InChI=1S/C17H14N4O5/c18-14(17(22)23)9-10-1-3-11(4-2-10)15-19-16(26-20-15)12-5-7-13(8-6-12)21(24)25/h1-8,14H,9,18H2,(H,22,23)/t14-/m0/s1. The monoisotopic (exact) mass is 354 g/mol. The van der Waals surface area contributed by atoms with Gasteiger partial charge in [-0.15, -0.1) is 0 Å². The second-order valence-corrected chi connectivity index (χ2v) is 5.57. The number of carboxylic acids is 1. The molecule has 132 valence electrons. The van der Waals surface area contributed by atoms with E-state index >= 15 is 0 Å². The Bertz CT molecular complexity index is 935. The molecule has 1 heterocycles. The van der Waals surface area contributed by atoms with E-state index in [1.54, 1.807) is 24.3 Å². The Hall–Kier alpha value is -3.59. The van der Waals surface area contributed by atoms with E-state index in [1.807, 2.05) is 0 Å². The number of non-ortho nitro benzene ring substituents is 1. The van der Waals surface area contributed by atoms with Gasteiger partial charge in [0.15, 0.2) is 0 Å². The van der Waals surface area contributed by atoms with Crippen LogP contribution in [0.1, 0.15) is 5.56 Å². The largest absolute Gasteiger partial charge is 0.480 e. The number of nitrogens with zero attached hydrogens (tertiary/aromatic N) is 3. The molecule has 1 atom stereocenters.